The summed E-state index contributed by atoms with van der Waals surface area (Å²) in [4.78, 5) is 12.3. The van der Waals surface area contributed by atoms with Crippen molar-refractivity contribution in [3.05, 3.63) is 34.6 Å². The van der Waals surface area contributed by atoms with Gasteiger partial charge in [0.25, 0.3) is 0 Å². The minimum absolute atomic E-state index is 0.0165. The van der Waals surface area contributed by atoms with Crippen LogP contribution >= 0.6 is 0 Å². The zero-order chi connectivity index (χ0) is 18.0. The molecule has 1 fully saturated rings. The van der Waals surface area contributed by atoms with Crippen molar-refractivity contribution in [1.82, 2.24) is 0 Å². The molecule has 0 N–H and O–H groups in total. The molecule has 0 spiro atoms. The summed E-state index contributed by atoms with van der Waals surface area (Å²) in [5, 5.41) is 0. The predicted molar refractivity (Wildman–Crippen MR) is 95.4 cm³/mol. The Kier molecular flexibility index (Phi) is 5.78. The smallest absolute Gasteiger partial charge is 0.341 e. The van der Waals surface area contributed by atoms with E-state index >= 15 is 4.39 Å². The lowest BCUT2D eigenvalue weighted by atomic mass is 9.84. The summed E-state index contributed by atoms with van der Waals surface area (Å²) in [6.45, 7) is 6.98. The summed E-state index contributed by atoms with van der Waals surface area (Å²) < 4.78 is 26.5. The molecule has 3 nitrogen and oxygen atoms in total. The van der Waals surface area contributed by atoms with E-state index in [1.165, 1.54) is 0 Å². The van der Waals surface area contributed by atoms with Crippen molar-refractivity contribution >= 4 is 5.97 Å². The SMILES string of the molecule is CCCC1Cc2ccc(C(C)C3CCC(CC)CO3)c(F)c2C(=O)O1. The van der Waals surface area contributed by atoms with Crippen LogP contribution in [0.1, 0.15) is 80.3 Å². The third kappa shape index (κ3) is 3.74. The fourth-order valence-electron chi connectivity index (χ4n) is 4.10. The third-order valence-electron chi connectivity index (χ3n) is 5.83. The van der Waals surface area contributed by atoms with Gasteiger partial charge >= 0.3 is 5.97 Å². The standard InChI is InChI=1S/C21H29FO3/c1-4-6-16-11-15-8-9-17(20(22)19(15)21(23)25-16)13(3)18-10-7-14(5-2)12-24-18/h8-9,13-14,16,18H,4-7,10-12H2,1-3H3. The summed E-state index contributed by atoms with van der Waals surface area (Å²) in [5.41, 5.74) is 1.49. The second-order valence-corrected chi connectivity index (χ2v) is 7.54. The summed E-state index contributed by atoms with van der Waals surface area (Å²) in [7, 11) is 0. The number of esters is 1. The molecule has 4 unspecified atom stereocenters. The molecule has 1 saturated heterocycles. The van der Waals surface area contributed by atoms with E-state index in [1.54, 1.807) is 0 Å². The Hall–Kier alpha value is -1.42. The first-order chi connectivity index (χ1) is 12.0. The number of hydrogen-bond acceptors (Lipinski definition) is 3. The first kappa shape index (κ1) is 18.4. The highest BCUT2D eigenvalue weighted by Crippen LogP contribution is 2.35. The topological polar surface area (TPSA) is 35.5 Å². The highest BCUT2D eigenvalue weighted by molar-refractivity contribution is 5.92. The molecule has 0 aliphatic carbocycles. The number of ether oxygens (including phenoxy) is 2. The Labute approximate surface area is 149 Å². The number of carbonyl (C=O) groups excluding carboxylic acids is 1. The van der Waals surface area contributed by atoms with Crippen LogP contribution in [0.2, 0.25) is 0 Å². The highest BCUT2D eigenvalue weighted by Gasteiger charge is 2.33. The van der Waals surface area contributed by atoms with Crippen LogP contribution in [0, 0.1) is 11.7 Å². The van der Waals surface area contributed by atoms with Gasteiger partial charge in [0.2, 0.25) is 0 Å². The van der Waals surface area contributed by atoms with Crippen LogP contribution in [0.15, 0.2) is 12.1 Å². The largest absolute Gasteiger partial charge is 0.458 e. The van der Waals surface area contributed by atoms with Gasteiger partial charge in [-0.1, -0.05) is 45.7 Å². The van der Waals surface area contributed by atoms with Crippen molar-refractivity contribution in [1.29, 1.82) is 0 Å². The number of benzene rings is 1. The summed E-state index contributed by atoms with van der Waals surface area (Å²) in [6, 6.07) is 3.75. The lowest BCUT2D eigenvalue weighted by molar-refractivity contribution is -0.0286. The number of fused-ring (bicyclic) bond motifs is 1. The van der Waals surface area contributed by atoms with Crippen LogP contribution in [0.5, 0.6) is 0 Å². The summed E-state index contributed by atoms with van der Waals surface area (Å²) in [5.74, 6) is -0.375. The zero-order valence-corrected chi connectivity index (χ0v) is 15.5. The van der Waals surface area contributed by atoms with Gasteiger partial charge in [0, 0.05) is 18.9 Å². The van der Waals surface area contributed by atoms with Crippen LogP contribution in [-0.4, -0.2) is 24.8 Å². The highest BCUT2D eigenvalue weighted by atomic mass is 19.1. The third-order valence-corrected chi connectivity index (χ3v) is 5.83. The molecule has 0 bridgehead atoms. The van der Waals surface area contributed by atoms with Gasteiger partial charge in [-0.15, -0.1) is 0 Å². The second-order valence-electron chi connectivity index (χ2n) is 7.54. The van der Waals surface area contributed by atoms with Crippen LogP contribution in [0.3, 0.4) is 0 Å². The number of rotatable bonds is 5. The molecule has 2 aliphatic heterocycles. The van der Waals surface area contributed by atoms with Crippen molar-refractivity contribution in [2.24, 2.45) is 5.92 Å². The molecule has 0 radical (unpaired) electrons. The molecule has 0 amide bonds. The van der Waals surface area contributed by atoms with Gasteiger partial charge in [-0.05, 0) is 36.3 Å². The van der Waals surface area contributed by atoms with Crippen LogP contribution in [0.4, 0.5) is 4.39 Å². The van der Waals surface area contributed by atoms with Crippen molar-refractivity contribution in [2.45, 2.75) is 77.4 Å². The quantitative estimate of drug-likeness (QED) is 0.701. The molecule has 4 heteroatoms. The van der Waals surface area contributed by atoms with E-state index in [-0.39, 0.29) is 23.7 Å². The first-order valence-corrected chi connectivity index (χ1v) is 9.68. The molecule has 25 heavy (non-hydrogen) atoms. The van der Waals surface area contributed by atoms with E-state index in [4.69, 9.17) is 9.47 Å². The molecule has 1 aromatic carbocycles. The van der Waals surface area contributed by atoms with Crippen LogP contribution in [-0.2, 0) is 15.9 Å². The average Bonchev–Trinajstić information content (AvgIpc) is 2.61. The molecule has 138 valence electrons. The maximum absolute atomic E-state index is 15.1. The fourth-order valence-corrected chi connectivity index (χ4v) is 4.10. The van der Waals surface area contributed by atoms with E-state index in [1.807, 2.05) is 19.1 Å². The van der Waals surface area contributed by atoms with E-state index < -0.39 is 11.8 Å². The Morgan fingerprint density at radius 1 is 1.28 bits per heavy atom. The van der Waals surface area contributed by atoms with Gasteiger partial charge in [-0.3, -0.25) is 0 Å². The van der Waals surface area contributed by atoms with E-state index in [0.29, 0.717) is 17.9 Å². The normalized spacial score (nSPS) is 27.5. The van der Waals surface area contributed by atoms with Crippen molar-refractivity contribution in [2.75, 3.05) is 6.61 Å². The van der Waals surface area contributed by atoms with E-state index in [0.717, 1.165) is 44.3 Å². The first-order valence-electron chi connectivity index (χ1n) is 9.68. The lowest BCUT2D eigenvalue weighted by Crippen LogP contribution is -2.32. The lowest BCUT2D eigenvalue weighted by Gasteiger charge is -2.33. The Bertz CT molecular complexity index is 620. The van der Waals surface area contributed by atoms with Gasteiger partial charge in [0.1, 0.15) is 11.9 Å². The number of carbonyl (C=O) groups is 1. The Morgan fingerprint density at radius 2 is 2.08 bits per heavy atom. The minimum Gasteiger partial charge on any atom is -0.458 e. The number of hydrogen-bond donors (Lipinski definition) is 0. The molecule has 0 aromatic heterocycles. The van der Waals surface area contributed by atoms with Gasteiger partial charge in [0.05, 0.1) is 11.7 Å². The number of halogens is 1. The number of cyclic esters (lactones) is 1. The van der Waals surface area contributed by atoms with Crippen molar-refractivity contribution in [3.63, 3.8) is 0 Å². The predicted octanol–water partition coefficient (Wildman–Crippen LogP) is 5.02. The summed E-state index contributed by atoms with van der Waals surface area (Å²) in [6.07, 6.45) is 5.46. The van der Waals surface area contributed by atoms with E-state index in [2.05, 4.69) is 13.8 Å². The molecule has 1 aromatic rings. The monoisotopic (exact) mass is 348 g/mol. The van der Waals surface area contributed by atoms with Gasteiger partial charge < -0.3 is 9.47 Å². The average molecular weight is 348 g/mol. The second kappa shape index (κ2) is 7.86. The molecule has 3 rings (SSSR count). The molecule has 4 atom stereocenters. The molecule has 2 aliphatic rings. The molecular weight excluding hydrogens is 319 g/mol. The van der Waals surface area contributed by atoms with Crippen LogP contribution in [0.25, 0.3) is 0 Å². The van der Waals surface area contributed by atoms with Crippen LogP contribution < -0.4 is 0 Å². The zero-order valence-electron chi connectivity index (χ0n) is 15.5. The Morgan fingerprint density at radius 3 is 2.72 bits per heavy atom. The summed E-state index contributed by atoms with van der Waals surface area (Å²) >= 11 is 0. The maximum Gasteiger partial charge on any atom is 0.341 e. The maximum atomic E-state index is 15.1. The Balaban J connectivity index is 1.80. The molecule has 0 saturated carbocycles. The minimum atomic E-state index is -0.512. The van der Waals surface area contributed by atoms with Gasteiger partial charge in [-0.25, -0.2) is 9.18 Å². The van der Waals surface area contributed by atoms with Crippen molar-refractivity contribution in [3.8, 4) is 0 Å². The van der Waals surface area contributed by atoms with Gasteiger partial charge in [-0.2, -0.15) is 0 Å². The van der Waals surface area contributed by atoms with E-state index in [9.17, 15) is 4.79 Å². The van der Waals surface area contributed by atoms with Crippen molar-refractivity contribution < 1.29 is 18.7 Å². The molecule has 2 heterocycles. The van der Waals surface area contributed by atoms with Gasteiger partial charge in [0.15, 0.2) is 0 Å². The molecular formula is C21H29FO3. The fraction of sp³-hybridized carbons (Fsp3) is 0.667.